The van der Waals surface area contributed by atoms with Crippen molar-refractivity contribution in [2.75, 3.05) is 30.5 Å². The topological polar surface area (TPSA) is 123 Å². The second-order valence-corrected chi connectivity index (χ2v) is 6.65. The van der Waals surface area contributed by atoms with Gasteiger partial charge in [-0.05, 0) is 43.0 Å². The predicted molar refractivity (Wildman–Crippen MR) is 103 cm³/mol. The van der Waals surface area contributed by atoms with Crippen LogP contribution in [0.1, 0.15) is 30.1 Å². The van der Waals surface area contributed by atoms with Crippen LogP contribution in [-0.4, -0.2) is 41.0 Å². The minimum absolute atomic E-state index is 0.0601. The molecule has 0 radical (unpaired) electrons. The van der Waals surface area contributed by atoms with Crippen LogP contribution in [0.15, 0.2) is 30.6 Å². The van der Waals surface area contributed by atoms with Gasteiger partial charge in [0.25, 0.3) is 5.91 Å². The van der Waals surface area contributed by atoms with Crippen LogP contribution in [-0.2, 0) is 0 Å². The molecule has 1 atom stereocenters. The summed E-state index contributed by atoms with van der Waals surface area (Å²) in [5.74, 6) is 0.789. The van der Waals surface area contributed by atoms with Gasteiger partial charge in [0.15, 0.2) is 0 Å². The zero-order chi connectivity index (χ0) is 20.1. The molecular weight excluding hydrogens is 364 g/mol. The van der Waals surface area contributed by atoms with E-state index >= 15 is 0 Å². The summed E-state index contributed by atoms with van der Waals surface area (Å²) in [7, 11) is 1.53. The molecule has 0 aliphatic carbocycles. The number of carbonyl (C=O) groups is 1. The normalized spacial score (nSPS) is 16.4. The number of amides is 1. The molecule has 2 heterocycles. The van der Waals surface area contributed by atoms with Crippen LogP contribution < -0.4 is 20.5 Å². The van der Waals surface area contributed by atoms with E-state index in [1.165, 1.54) is 13.4 Å². The van der Waals surface area contributed by atoms with E-state index < -0.39 is 10.8 Å². The van der Waals surface area contributed by atoms with Gasteiger partial charge in [0.1, 0.15) is 12.1 Å². The monoisotopic (exact) mass is 386 g/mol. The molecule has 10 heteroatoms. The molecule has 1 aliphatic rings. The van der Waals surface area contributed by atoms with Crippen molar-refractivity contribution in [1.29, 1.82) is 0 Å². The second kappa shape index (κ2) is 8.51. The number of ether oxygens (including phenoxy) is 1. The predicted octanol–water partition coefficient (Wildman–Crippen LogP) is 2.39. The first-order chi connectivity index (χ1) is 13.5. The Balaban J connectivity index is 1.78. The Bertz CT molecular complexity index is 858. The lowest BCUT2D eigenvalue weighted by atomic mass is 10.0. The Kier molecular flexibility index (Phi) is 5.87. The van der Waals surface area contributed by atoms with Gasteiger partial charge < -0.3 is 9.64 Å². The standard InChI is InChI=1S/C18H22N6O4/c1-12-4-3-9-23(10-12)17-15(24(26)27)16(19-11-20-17)21-22-18(25)13-5-7-14(28-2)8-6-13/h5-8,11-12H,3-4,9-10H2,1-2H3,(H,22,25)(H,19,20,21). The summed E-state index contributed by atoms with van der Waals surface area (Å²) in [6.45, 7) is 3.49. The first kappa shape index (κ1) is 19.3. The zero-order valence-corrected chi connectivity index (χ0v) is 15.7. The summed E-state index contributed by atoms with van der Waals surface area (Å²) in [4.78, 5) is 33.4. The van der Waals surface area contributed by atoms with Crippen LogP contribution in [0.25, 0.3) is 0 Å². The summed E-state index contributed by atoms with van der Waals surface area (Å²) >= 11 is 0. The molecule has 1 fully saturated rings. The molecule has 0 spiro atoms. The van der Waals surface area contributed by atoms with Crippen molar-refractivity contribution < 1.29 is 14.5 Å². The van der Waals surface area contributed by atoms with E-state index in [1.807, 2.05) is 4.90 Å². The van der Waals surface area contributed by atoms with Crippen LogP contribution in [0.3, 0.4) is 0 Å². The third-order valence-corrected chi connectivity index (χ3v) is 4.59. The molecule has 28 heavy (non-hydrogen) atoms. The van der Waals surface area contributed by atoms with Crippen molar-refractivity contribution in [2.45, 2.75) is 19.8 Å². The average Bonchev–Trinajstić information content (AvgIpc) is 2.71. The highest BCUT2D eigenvalue weighted by Gasteiger charge is 2.29. The number of nitro groups is 1. The smallest absolute Gasteiger partial charge is 0.355 e. The van der Waals surface area contributed by atoms with Gasteiger partial charge in [0, 0.05) is 18.7 Å². The van der Waals surface area contributed by atoms with Crippen molar-refractivity contribution >= 4 is 23.2 Å². The Morgan fingerprint density at radius 1 is 1.32 bits per heavy atom. The highest BCUT2D eigenvalue weighted by molar-refractivity contribution is 5.95. The highest BCUT2D eigenvalue weighted by Crippen LogP contribution is 2.33. The minimum Gasteiger partial charge on any atom is -0.497 e. The molecule has 148 valence electrons. The lowest BCUT2D eigenvalue weighted by Crippen LogP contribution is -2.36. The van der Waals surface area contributed by atoms with Gasteiger partial charge in [-0.1, -0.05) is 6.92 Å². The fourth-order valence-electron chi connectivity index (χ4n) is 3.17. The maximum absolute atomic E-state index is 12.3. The molecule has 3 rings (SSSR count). The molecule has 0 saturated carbocycles. The fraction of sp³-hybridized carbons (Fsp3) is 0.389. The number of hydrazine groups is 1. The van der Waals surface area contributed by atoms with E-state index in [0.717, 1.165) is 12.8 Å². The third-order valence-electron chi connectivity index (χ3n) is 4.59. The number of hydrogen-bond acceptors (Lipinski definition) is 8. The van der Waals surface area contributed by atoms with E-state index in [1.54, 1.807) is 24.3 Å². The molecule has 1 saturated heterocycles. The lowest BCUT2D eigenvalue weighted by Gasteiger charge is -2.31. The number of rotatable bonds is 6. The summed E-state index contributed by atoms with van der Waals surface area (Å²) in [5.41, 5.74) is 5.12. The molecule has 1 aliphatic heterocycles. The molecule has 1 amide bonds. The van der Waals surface area contributed by atoms with Crippen molar-refractivity contribution in [3.8, 4) is 5.75 Å². The number of hydrogen-bond donors (Lipinski definition) is 2. The average molecular weight is 386 g/mol. The molecule has 2 N–H and O–H groups in total. The van der Waals surface area contributed by atoms with Crippen LogP contribution in [0.4, 0.5) is 17.3 Å². The number of piperidine rings is 1. The first-order valence-electron chi connectivity index (χ1n) is 8.94. The van der Waals surface area contributed by atoms with Crippen molar-refractivity contribution in [3.05, 3.63) is 46.3 Å². The first-order valence-corrected chi connectivity index (χ1v) is 8.94. The van der Waals surface area contributed by atoms with Gasteiger partial charge in [0.2, 0.25) is 11.6 Å². The van der Waals surface area contributed by atoms with Crippen LogP contribution >= 0.6 is 0 Å². The third kappa shape index (κ3) is 4.27. The summed E-state index contributed by atoms with van der Waals surface area (Å²) < 4.78 is 5.05. The fourth-order valence-corrected chi connectivity index (χ4v) is 3.17. The van der Waals surface area contributed by atoms with Crippen molar-refractivity contribution in [1.82, 2.24) is 15.4 Å². The number of anilines is 2. The molecular formula is C18H22N6O4. The Labute approximate surface area is 162 Å². The van der Waals surface area contributed by atoms with Gasteiger partial charge in [-0.15, -0.1) is 0 Å². The van der Waals surface area contributed by atoms with Gasteiger partial charge in [-0.25, -0.2) is 9.97 Å². The Morgan fingerprint density at radius 3 is 2.71 bits per heavy atom. The number of nitrogens with one attached hydrogen (secondary N) is 2. The van der Waals surface area contributed by atoms with Gasteiger partial charge in [-0.3, -0.25) is 25.8 Å². The highest BCUT2D eigenvalue weighted by atomic mass is 16.6. The molecule has 0 bridgehead atoms. The van der Waals surface area contributed by atoms with Gasteiger partial charge >= 0.3 is 5.69 Å². The molecule has 10 nitrogen and oxygen atoms in total. The van der Waals surface area contributed by atoms with E-state index in [2.05, 4.69) is 27.7 Å². The lowest BCUT2D eigenvalue weighted by molar-refractivity contribution is -0.383. The number of nitrogens with zero attached hydrogens (tertiary/aromatic N) is 4. The van der Waals surface area contributed by atoms with E-state index in [4.69, 9.17) is 4.74 Å². The second-order valence-electron chi connectivity index (χ2n) is 6.65. The number of aromatic nitrogens is 2. The van der Waals surface area contributed by atoms with Gasteiger partial charge in [0.05, 0.1) is 12.0 Å². The maximum atomic E-state index is 12.3. The van der Waals surface area contributed by atoms with Crippen LogP contribution in [0.5, 0.6) is 5.75 Å². The largest absolute Gasteiger partial charge is 0.497 e. The van der Waals surface area contributed by atoms with Crippen LogP contribution in [0.2, 0.25) is 0 Å². The maximum Gasteiger partial charge on any atom is 0.355 e. The molecule has 1 aromatic heterocycles. The molecule has 2 aromatic rings. The molecule has 1 aromatic carbocycles. The van der Waals surface area contributed by atoms with Crippen molar-refractivity contribution in [3.63, 3.8) is 0 Å². The Morgan fingerprint density at radius 2 is 2.07 bits per heavy atom. The number of benzene rings is 1. The van der Waals surface area contributed by atoms with Crippen molar-refractivity contribution in [2.24, 2.45) is 5.92 Å². The van der Waals surface area contributed by atoms with E-state index in [-0.39, 0.29) is 17.3 Å². The number of methoxy groups -OCH3 is 1. The zero-order valence-electron chi connectivity index (χ0n) is 15.7. The van der Waals surface area contributed by atoms with E-state index in [9.17, 15) is 14.9 Å². The SMILES string of the molecule is COc1ccc(C(=O)NNc2ncnc(N3CCCC(C)C3)c2[N+](=O)[O-])cc1. The summed E-state index contributed by atoms with van der Waals surface area (Å²) in [6.07, 6.45) is 3.28. The minimum atomic E-state index is -0.531. The number of carbonyl (C=O) groups excluding carboxylic acids is 1. The quantitative estimate of drug-likeness (QED) is 0.573. The molecule has 1 unspecified atom stereocenters. The Hall–Kier alpha value is -3.43. The van der Waals surface area contributed by atoms with Crippen LogP contribution in [0, 0.1) is 16.0 Å². The van der Waals surface area contributed by atoms with Gasteiger partial charge in [-0.2, -0.15) is 0 Å². The van der Waals surface area contributed by atoms with E-state index in [0.29, 0.717) is 30.3 Å². The summed E-state index contributed by atoms with van der Waals surface area (Å²) in [6, 6.07) is 6.48. The summed E-state index contributed by atoms with van der Waals surface area (Å²) in [5, 5.41) is 11.7.